The van der Waals surface area contributed by atoms with E-state index in [-0.39, 0.29) is 12.3 Å². The summed E-state index contributed by atoms with van der Waals surface area (Å²) in [5.41, 5.74) is 8.63. The summed E-state index contributed by atoms with van der Waals surface area (Å²) in [5.74, 6) is 0.600. The molecule has 0 aliphatic heterocycles. The fraction of sp³-hybridized carbons (Fsp3) is 0.158. The summed E-state index contributed by atoms with van der Waals surface area (Å²) in [7, 11) is 1.60. The number of ether oxygens (including phenoxy) is 2. The Balaban J connectivity index is 2.15. The largest absolute Gasteiger partial charge is 0.497 e. The Kier molecular flexibility index (Phi) is 4.70. The molecule has 0 amide bonds. The minimum atomic E-state index is -0.500. The van der Waals surface area contributed by atoms with Crippen LogP contribution in [0.15, 0.2) is 54.6 Å². The second-order valence-electron chi connectivity index (χ2n) is 5.31. The summed E-state index contributed by atoms with van der Waals surface area (Å²) >= 11 is 0. The van der Waals surface area contributed by atoms with E-state index in [2.05, 4.69) is 5.10 Å². The number of esters is 1. The molecule has 1 heterocycles. The van der Waals surface area contributed by atoms with E-state index >= 15 is 0 Å². The predicted molar refractivity (Wildman–Crippen MR) is 95.9 cm³/mol. The van der Waals surface area contributed by atoms with Crippen LogP contribution in [-0.4, -0.2) is 29.5 Å². The summed E-state index contributed by atoms with van der Waals surface area (Å²) in [5, 5.41) is 4.41. The van der Waals surface area contributed by atoms with Crippen LogP contribution in [0.2, 0.25) is 0 Å². The predicted octanol–water partition coefficient (Wildman–Crippen LogP) is 3.31. The molecule has 3 aromatic rings. The monoisotopic (exact) mass is 337 g/mol. The van der Waals surface area contributed by atoms with Gasteiger partial charge in [0, 0.05) is 0 Å². The molecule has 0 bridgehead atoms. The van der Waals surface area contributed by atoms with E-state index in [0.29, 0.717) is 11.4 Å². The Morgan fingerprint density at radius 1 is 1.12 bits per heavy atom. The van der Waals surface area contributed by atoms with Crippen molar-refractivity contribution in [2.75, 3.05) is 19.5 Å². The zero-order valence-electron chi connectivity index (χ0n) is 14.1. The first-order valence-electron chi connectivity index (χ1n) is 7.91. The van der Waals surface area contributed by atoms with Crippen LogP contribution >= 0.6 is 0 Å². The van der Waals surface area contributed by atoms with Crippen LogP contribution in [0.5, 0.6) is 5.75 Å². The molecule has 6 heteroatoms. The first-order valence-corrected chi connectivity index (χ1v) is 7.91. The van der Waals surface area contributed by atoms with Gasteiger partial charge in [-0.05, 0) is 36.8 Å². The fourth-order valence-electron chi connectivity index (χ4n) is 2.58. The van der Waals surface area contributed by atoms with Crippen LogP contribution in [0, 0.1) is 0 Å². The highest BCUT2D eigenvalue weighted by Gasteiger charge is 2.24. The molecule has 0 saturated carbocycles. The van der Waals surface area contributed by atoms with Crippen molar-refractivity contribution in [3.63, 3.8) is 0 Å². The molecule has 3 rings (SSSR count). The number of aromatic nitrogens is 2. The van der Waals surface area contributed by atoms with Gasteiger partial charge in [-0.2, -0.15) is 5.10 Å². The third-order valence-electron chi connectivity index (χ3n) is 3.77. The molecule has 2 N–H and O–H groups in total. The van der Waals surface area contributed by atoms with Crippen LogP contribution < -0.4 is 10.5 Å². The molecule has 1 aromatic heterocycles. The van der Waals surface area contributed by atoms with Gasteiger partial charge in [0.15, 0.2) is 5.69 Å². The number of rotatable bonds is 5. The first kappa shape index (κ1) is 16.6. The quantitative estimate of drug-likeness (QED) is 0.723. The van der Waals surface area contributed by atoms with Gasteiger partial charge in [-0.15, -0.1) is 0 Å². The molecular weight excluding hydrogens is 318 g/mol. The van der Waals surface area contributed by atoms with E-state index in [9.17, 15) is 4.79 Å². The maximum absolute atomic E-state index is 12.4. The third-order valence-corrected chi connectivity index (χ3v) is 3.77. The molecule has 0 spiro atoms. The first-order chi connectivity index (χ1) is 12.2. The van der Waals surface area contributed by atoms with E-state index < -0.39 is 5.97 Å². The number of anilines is 1. The SMILES string of the molecule is CCOC(=O)c1nn(-c2ccc(OC)cc2)c(N)c1-c1ccccc1. The maximum atomic E-state index is 12.4. The van der Waals surface area contributed by atoms with Crippen molar-refractivity contribution in [1.82, 2.24) is 9.78 Å². The smallest absolute Gasteiger partial charge is 0.359 e. The van der Waals surface area contributed by atoms with Crippen LogP contribution in [0.1, 0.15) is 17.4 Å². The molecule has 0 aliphatic carbocycles. The number of hydrogen-bond donors (Lipinski definition) is 1. The van der Waals surface area contributed by atoms with E-state index in [4.69, 9.17) is 15.2 Å². The Labute approximate surface area is 145 Å². The molecule has 0 aliphatic rings. The van der Waals surface area contributed by atoms with Crippen LogP contribution in [0.3, 0.4) is 0 Å². The van der Waals surface area contributed by atoms with Gasteiger partial charge in [0.25, 0.3) is 0 Å². The van der Waals surface area contributed by atoms with Crippen molar-refractivity contribution >= 4 is 11.8 Å². The van der Waals surface area contributed by atoms with Crippen LogP contribution in [0.25, 0.3) is 16.8 Å². The highest BCUT2D eigenvalue weighted by molar-refractivity contribution is 5.99. The number of nitrogens with zero attached hydrogens (tertiary/aromatic N) is 2. The molecule has 0 saturated heterocycles. The number of carbonyl (C=O) groups is 1. The molecule has 0 unspecified atom stereocenters. The Morgan fingerprint density at radius 3 is 2.40 bits per heavy atom. The van der Waals surface area contributed by atoms with E-state index in [0.717, 1.165) is 17.0 Å². The van der Waals surface area contributed by atoms with Crippen molar-refractivity contribution in [2.45, 2.75) is 6.92 Å². The molecule has 2 aromatic carbocycles. The third kappa shape index (κ3) is 3.19. The molecule has 0 atom stereocenters. The summed E-state index contributed by atoms with van der Waals surface area (Å²) < 4.78 is 11.8. The zero-order chi connectivity index (χ0) is 17.8. The highest BCUT2D eigenvalue weighted by atomic mass is 16.5. The lowest BCUT2D eigenvalue weighted by Gasteiger charge is -2.06. The average molecular weight is 337 g/mol. The molecular formula is C19H19N3O3. The van der Waals surface area contributed by atoms with Gasteiger partial charge in [-0.3, -0.25) is 0 Å². The second-order valence-corrected chi connectivity index (χ2v) is 5.31. The van der Waals surface area contributed by atoms with Crippen LogP contribution in [0.4, 0.5) is 5.82 Å². The van der Waals surface area contributed by atoms with E-state index in [1.165, 1.54) is 4.68 Å². The summed E-state index contributed by atoms with van der Waals surface area (Å²) in [4.78, 5) is 12.4. The number of nitrogen functional groups attached to an aromatic ring is 1. The molecule has 6 nitrogen and oxygen atoms in total. The lowest BCUT2D eigenvalue weighted by atomic mass is 10.1. The number of carbonyl (C=O) groups excluding carboxylic acids is 1. The normalized spacial score (nSPS) is 10.5. The van der Waals surface area contributed by atoms with Gasteiger partial charge in [0.2, 0.25) is 0 Å². The molecule has 128 valence electrons. The standard InChI is InChI=1S/C19H19N3O3/c1-3-25-19(23)17-16(13-7-5-4-6-8-13)18(20)22(21-17)14-9-11-15(24-2)12-10-14/h4-12H,3,20H2,1-2H3. The summed E-state index contributed by atoms with van der Waals surface area (Å²) in [6, 6.07) is 16.7. The molecule has 25 heavy (non-hydrogen) atoms. The number of methoxy groups -OCH3 is 1. The minimum Gasteiger partial charge on any atom is -0.497 e. The molecule has 0 fully saturated rings. The van der Waals surface area contributed by atoms with Gasteiger partial charge >= 0.3 is 5.97 Å². The topological polar surface area (TPSA) is 79.4 Å². The van der Waals surface area contributed by atoms with Gasteiger partial charge in [0.1, 0.15) is 11.6 Å². The number of nitrogens with two attached hydrogens (primary N) is 1. The minimum absolute atomic E-state index is 0.196. The van der Waals surface area contributed by atoms with Crippen molar-refractivity contribution in [3.05, 3.63) is 60.3 Å². The Bertz CT molecular complexity index is 871. The van der Waals surface area contributed by atoms with Gasteiger partial charge < -0.3 is 15.2 Å². The van der Waals surface area contributed by atoms with E-state index in [1.54, 1.807) is 14.0 Å². The Morgan fingerprint density at radius 2 is 1.80 bits per heavy atom. The van der Waals surface area contributed by atoms with E-state index in [1.807, 2.05) is 54.6 Å². The number of benzene rings is 2. The fourth-order valence-corrected chi connectivity index (χ4v) is 2.58. The average Bonchev–Trinajstić information content (AvgIpc) is 3.00. The zero-order valence-corrected chi connectivity index (χ0v) is 14.1. The van der Waals surface area contributed by atoms with Crippen molar-refractivity contribution in [2.24, 2.45) is 0 Å². The summed E-state index contributed by atoms with van der Waals surface area (Å²) in [6.45, 7) is 2.02. The van der Waals surface area contributed by atoms with Crippen molar-refractivity contribution < 1.29 is 14.3 Å². The lowest BCUT2D eigenvalue weighted by molar-refractivity contribution is 0.0520. The summed E-state index contributed by atoms with van der Waals surface area (Å²) in [6.07, 6.45) is 0. The molecule has 0 radical (unpaired) electrons. The van der Waals surface area contributed by atoms with Crippen LogP contribution in [-0.2, 0) is 4.74 Å². The second kappa shape index (κ2) is 7.09. The highest BCUT2D eigenvalue weighted by Crippen LogP contribution is 2.32. The van der Waals surface area contributed by atoms with Crippen molar-refractivity contribution in [3.8, 4) is 22.6 Å². The van der Waals surface area contributed by atoms with Gasteiger partial charge in [-0.25, -0.2) is 9.48 Å². The Hall–Kier alpha value is -3.28. The van der Waals surface area contributed by atoms with Crippen molar-refractivity contribution in [1.29, 1.82) is 0 Å². The lowest BCUT2D eigenvalue weighted by Crippen LogP contribution is -2.07. The number of hydrogen-bond acceptors (Lipinski definition) is 5. The maximum Gasteiger partial charge on any atom is 0.359 e. The van der Waals surface area contributed by atoms with Gasteiger partial charge in [-0.1, -0.05) is 30.3 Å². The van der Waals surface area contributed by atoms with Gasteiger partial charge in [0.05, 0.1) is 25.0 Å².